The van der Waals surface area contributed by atoms with Crippen LogP contribution in [0.25, 0.3) is 10.8 Å². The highest BCUT2D eigenvalue weighted by molar-refractivity contribution is 5.80. The molecule has 1 aliphatic carbocycles. The predicted octanol–water partition coefficient (Wildman–Crippen LogP) is 1.14. The van der Waals surface area contributed by atoms with Crippen molar-refractivity contribution in [1.82, 2.24) is 15.1 Å². The van der Waals surface area contributed by atoms with Gasteiger partial charge in [0, 0.05) is 12.5 Å². The van der Waals surface area contributed by atoms with Crippen LogP contribution in [-0.2, 0) is 11.3 Å². The van der Waals surface area contributed by atoms with Crippen molar-refractivity contribution in [3.05, 3.63) is 45.0 Å². The summed E-state index contributed by atoms with van der Waals surface area (Å²) in [6.07, 6.45) is 4.55. The van der Waals surface area contributed by atoms with Gasteiger partial charge in [-0.05, 0) is 25.0 Å². The number of aromatic nitrogens is 2. The Labute approximate surface area is 127 Å². The van der Waals surface area contributed by atoms with Crippen LogP contribution in [0.1, 0.15) is 32.1 Å². The van der Waals surface area contributed by atoms with Crippen molar-refractivity contribution in [2.45, 2.75) is 44.7 Å². The summed E-state index contributed by atoms with van der Waals surface area (Å²) in [6.45, 7) is 0.178. The van der Waals surface area contributed by atoms with E-state index in [0.29, 0.717) is 10.8 Å². The fourth-order valence-corrected chi connectivity index (χ4v) is 2.99. The van der Waals surface area contributed by atoms with Crippen LogP contribution < -0.4 is 16.4 Å². The van der Waals surface area contributed by atoms with E-state index in [-0.39, 0.29) is 36.0 Å². The average Bonchev–Trinajstić information content (AvgIpc) is 3.02. The number of fused-ring (bicyclic) bond motifs is 1. The van der Waals surface area contributed by atoms with E-state index in [9.17, 15) is 14.4 Å². The number of benzene rings is 1. The second-order valence-electron chi connectivity index (χ2n) is 5.74. The van der Waals surface area contributed by atoms with Crippen LogP contribution in [0.5, 0.6) is 0 Å². The van der Waals surface area contributed by atoms with Gasteiger partial charge in [0.05, 0.1) is 17.3 Å². The van der Waals surface area contributed by atoms with Gasteiger partial charge in [-0.2, -0.15) is 0 Å². The zero-order valence-corrected chi connectivity index (χ0v) is 12.3. The number of aryl methyl sites for hydroxylation is 1. The number of amides is 1. The highest BCUT2D eigenvalue weighted by Crippen LogP contribution is 2.17. The molecule has 0 unspecified atom stereocenters. The summed E-state index contributed by atoms with van der Waals surface area (Å²) < 4.78 is 1.22. The number of rotatable bonds is 4. The van der Waals surface area contributed by atoms with Gasteiger partial charge in [0.1, 0.15) is 0 Å². The molecule has 2 N–H and O–H groups in total. The topological polar surface area (TPSA) is 84.0 Å². The van der Waals surface area contributed by atoms with E-state index < -0.39 is 0 Å². The lowest BCUT2D eigenvalue weighted by Crippen LogP contribution is -2.35. The summed E-state index contributed by atoms with van der Waals surface area (Å²) in [5.41, 5.74) is -0.588. The van der Waals surface area contributed by atoms with Gasteiger partial charge in [0.25, 0.3) is 11.1 Å². The minimum atomic E-state index is -0.314. The molecule has 1 saturated carbocycles. The first kappa shape index (κ1) is 14.6. The Morgan fingerprint density at radius 3 is 2.59 bits per heavy atom. The van der Waals surface area contributed by atoms with Crippen LogP contribution in [0.4, 0.5) is 0 Å². The molecular formula is C16H19N3O3. The number of hydrogen-bond donors (Lipinski definition) is 2. The van der Waals surface area contributed by atoms with Crippen LogP contribution in [0, 0.1) is 0 Å². The number of H-pyrrole nitrogens is 1. The van der Waals surface area contributed by atoms with Gasteiger partial charge in [0.2, 0.25) is 5.91 Å². The van der Waals surface area contributed by atoms with Crippen LogP contribution in [0.2, 0.25) is 0 Å². The molecule has 1 aromatic heterocycles. The number of hydrogen-bond acceptors (Lipinski definition) is 3. The molecule has 1 amide bonds. The minimum Gasteiger partial charge on any atom is -0.353 e. The standard InChI is InChI=1S/C16H19N3O3/c20-14(17-11-5-1-2-6-11)9-10-19-16(22)13-8-4-3-7-12(13)15(21)18-19/h3-4,7-8,11H,1-2,5-6,9-10H2,(H,17,20)(H,18,21). The zero-order valence-electron chi connectivity index (χ0n) is 12.3. The first-order chi connectivity index (χ1) is 10.6. The average molecular weight is 301 g/mol. The molecule has 2 aromatic rings. The number of carbonyl (C=O) groups excluding carboxylic acids is 1. The van der Waals surface area contributed by atoms with E-state index in [4.69, 9.17) is 0 Å². The quantitative estimate of drug-likeness (QED) is 0.888. The van der Waals surface area contributed by atoms with Crippen molar-refractivity contribution >= 4 is 16.7 Å². The molecule has 6 heteroatoms. The molecule has 1 heterocycles. The van der Waals surface area contributed by atoms with Gasteiger partial charge in [-0.25, -0.2) is 4.68 Å². The maximum absolute atomic E-state index is 12.3. The van der Waals surface area contributed by atoms with Gasteiger partial charge in [0.15, 0.2) is 0 Å². The molecule has 6 nitrogen and oxygen atoms in total. The van der Waals surface area contributed by atoms with Gasteiger partial charge in [-0.3, -0.25) is 19.5 Å². The summed E-state index contributed by atoms with van der Waals surface area (Å²) in [6, 6.07) is 6.95. The number of aromatic amines is 1. The Morgan fingerprint density at radius 1 is 1.18 bits per heavy atom. The third-order valence-electron chi connectivity index (χ3n) is 4.17. The van der Waals surface area contributed by atoms with Crippen molar-refractivity contribution in [2.24, 2.45) is 0 Å². The Kier molecular flexibility index (Phi) is 4.09. The number of nitrogens with one attached hydrogen (secondary N) is 2. The van der Waals surface area contributed by atoms with Crippen LogP contribution >= 0.6 is 0 Å². The first-order valence-corrected chi connectivity index (χ1v) is 7.66. The van der Waals surface area contributed by atoms with Crippen molar-refractivity contribution in [3.63, 3.8) is 0 Å². The summed E-state index contributed by atoms with van der Waals surface area (Å²) in [5, 5.41) is 6.26. The third-order valence-corrected chi connectivity index (χ3v) is 4.17. The maximum atomic E-state index is 12.3. The molecule has 0 spiro atoms. The van der Waals surface area contributed by atoms with Gasteiger partial charge >= 0.3 is 0 Å². The molecule has 0 radical (unpaired) electrons. The van der Waals surface area contributed by atoms with Gasteiger partial charge in [-0.15, -0.1) is 0 Å². The summed E-state index contributed by atoms with van der Waals surface area (Å²) in [4.78, 5) is 36.2. The molecule has 1 fully saturated rings. The smallest absolute Gasteiger partial charge is 0.273 e. The molecule has 0 atom stereocenters. The lowest BCUT2D eigenvalue weighted by Gasteiger charge is -2.12. The second-order valence-corrected chi connectivity index (χ2v) is 5.74. The van der Waals surface area contributed by atoms with Crippen molar-refractivity contribution in [1.29, 1.82) is 0 Å². The zero-order chi connectivity index (χ0) is 15.5. The monoisotopic (exact) mass is 301 g/mol. The lowest BCUT2D eigenvalue weighted by molar-refractivity contribution is -0.122. The highest BCUT2D eigenvalue weighted by atomic mass is 16.2. The van der Waals surface area contributed by atoms with Crippen LogP contribution in [0.3, 0.4) is 0 Å². The van der Waals surface area contributed by atoms with E-state index >= 15 is 0 Å². The van der Waals surface area contributed by atoms with Gasteiger partial charge in [-0.1, -0.05) is 25.0 Å². The molecular weight excluding hydrogens is 282 g/mol. The van der Waals surface area contributed by atoms with E-state index in [1.165, 1.54) is 4.68 Å². The SMILES string of the molecule is O=C(CCn1[nH]c(=O)c2ccccc2c1=O)NC1CCCC1. The lowest BCUT2D eigenvalue weighted by atomic mass is 10.2. The molecule has 0 bridgehead atoms. The van der Waals surface area contributed by atoms with Crippen molar-refractivity contribution in [3.8, 4) is 0 Å². The molecule has 22 heavy (non-hydrogen) atoms. The van der Waals surface area contributed by atoms with Crippen molar-refractivity contribution < 1.29 is 4.79 Å². The Hall–Kier alpha value is -2.37. The normalized spacial score (nSPS) is 15.3. The molecule has 3 rings (SSSR count). The molecule has 0 aliphatic heterocycles. The Balaban J connectivity index is 1.74. The van der Waals surface area contributed by atoms with E-state index in [0.717, 1.165) is 25.7 Å². The largest absolute Gasteiger partial charge is 0.353 e. The fourth-order valence-electron chi connectivity index (χ4n) is 2.99. The molecule has 1 aliphatic rings. The highest BCUT2D eigenvalue weighted by Gasteiger charge is 2.17. The number of nitrogens with zero attached hydrogens (tertiary/aromatic N) is 1. The second kappa shape index (κ2) is 6.17. The van der Waals surface area contributed by atoms with E-state index in [2.05, 4.69) is 10.4 Å². The van der Waals surface area contributed by atoms with Crippen molar-refractivity contribution in [2.75, 3.05) is 0 Å². The minimum absolute atomic E-state index is 0.0761. The fraction of sp³-hybridized carbons (Fsp3) is 0.438. The molecule has 116 valence electrons. The van der Waals surface area contributed by atoms with Crippen LogP contribution in [-0.4, -0.2) is 21.7 Å². The summed E-state index contributed by atoms with van der Waals surface area (Å²) >= 11 is 0. The van der Waals surface area contributed by atoms with Crippen LogP contribution in [0.15, 0.2) is 33.9 Å². The summed E-state index contributed by atoms with van der Waals surface area (Å²) in [5.74, 6) is -0.0761. The Morgan fingerprint density at radius 2 is 1.86 bits per heavy atom. The Bertz CT molecular complexity index is 800. The van der Waals surface area contributed by atoms with E-state index in [1.54, 1.807) is 24.3 Å². The third kappa shape index (κ3) is 2.95. The number of carbonyl (C=O) groups is 1. The first-order valence-electron chi connectivity index (χ1n) is 7.66. The summed E-state index contributed by atoms with van der Waals surface area (Å²) in [7, 11) is 0. The molecule has 0 saturated heterocycles. The maximum Gasteiger partial charge on any atom is 0.273 e. The molecule has 1 aromatic carbocycles. The van der Waals surface area contributed by atoms with Gasteiger partial charge < -0.3 is 5.32 Å². The van der Waals surface area contributed by atoms with E-state index in [1.807, 2.05) is 0 Å². The predicted molar refractivity (Wildman–Crippen MR) is 83.8 cm³/mol.